The average molecular weight is 209 g/mol. The van der Waals surface area contributed by atoms with Crippen LogP contribution in [0.15, 0.2) is 24.3 Å². The Kier molecular flexibility index (Phi) is 4.12. The highest BCUT2D eigenvalue weighted by Crippen LogP contribution is 2.12. The molecule has 2 N–H and O–H groups in total. The highest BCUT2D eigenvalue weighted by molar-refractivity contribution is 5.95. The van der Waals surface area contributed by atoms with Crippen LogP contribution in [-0.2, 0) is 9.47 Å². The van der Waals surface area contributed by atoms with Gasteiger partial charge in [-0.05, 0) is 19.1 Å². The van der Waals surface area contributed by atoms with Gasteiger partial charge in [0.25, 0.3) is 0 Å². The fraction of sp³-hybridized carbons (Fsp3) is 0.364. The monoisotopic (exact) mass is 209 g/mol. The summed E-state index contributed by atoms with van der Waals surface area (Å²) in [5.74, 6) is -0.419. The van der Waals surface area contributed by atoms with Crippen molar-refractivity contribution in [3.05, 3.63) is 29.8 Å². The Morgan fingerprint density at radius 1 is 1.47 bits per heavy atom. The minimum Gasteiger partial charge on any atom is -0.457 e. The first-order valence-corrected chi connectivity index (χ1v) is 4.69. The lowest BCUT2D eigenvalue weighted by Gasteiger charge is -2.12. The van der Waals surface area contributed by atoms with Gasteiger partial charge in [0, 0.05) is 12.8 Å². The molecule has 0 amide bonds. The van der Waals surface area contributed by atoms with Crippen LogP contribution in [0, 0.1) is 0 Å². The zero-order valence-electron chi connectivity index (χ0n) is 8.90. The van der Waals surface area contributed by atoms with Crippen molar-refractivity contribution in [2.45, 2.75) is 13.0 Å². The zero-order valence-corrected chi connectivity index (χ0v) is 8.90. The summed E-state index contributed by atoms with van der Waals surface area (Å²) in [5.41, 5.74) is 6.45. The molecule has 0 aliphatic heterocycles. The molecule has 0 unspecified atom stereocenters. The second-order valence-electron chi connectivity index (χ2n) is 3.26. The molecule has 0 heterocycles. The number of nitrogen functional groups attached to an aromatic ring is 1. The molecular formula is C11H15NO3. The van der Waals surface area contributed by atoms with Crippen LogP contribution in [0.5, 0.6) is 0 Å². The molecule has 1 atom stereocenters. The van der Waals surface area contributed by atoms with Crippen LogP contribution >= 0.6 is 0 Å². The minimum atomic E-state index is -0.419. The van der Waals surface area contributed by atoms with Crippen LogP contribution < -0.4 is 5.73 Å². The van der Waals surface area contributed by atoms with Gasteiger partial charge in [0.1, 0.15) is 6.10 Å². The van der Waals surface area contributed by atoms with E-state index in [1.165, 1.54) is 0 Å². The summed E-state index contributed by atoms with van der Waals surface area (Å²) in [6, 6.07) is 6.81. The predicted molar refractivity (Wildman–Crippen MR) is 57.6 cm³/mol. The van der Waals surface area contributed by atoms with E-state index in [4.69, 9.17) is 15.2 Å². The van der Waals surface area contributed by atoms with Crippen molar-refractivity contribution in [1.82, 2.24) is 0 Å². The Morgan fingerprint density at radius 2 is 2.13 bits per heavy atom. The third-order valence-corrected chi connectivity index (χ3v) is 1.89. The normalized spacial score (nSPS) is 12.1. The summed E-state index contributed by atoms with van der Waals surface area (Å²) in [6.07, 6.45) is -0.276. The van der Waals surface area contributed by atoms with Gasteiger partial charge in [0.15, 0.2) is 0 Å². The summed E-state index contributed by atoms with van der Waals surface area (Å²) in [4.78, 5) is 11.6. The van der Waals surface area contributed by atoms with Crippen LogP contribution in [0.2, 0.25) is 0 Å². The van der Waals surface area contributed by atoms with Gasteiger partial charge in [0.2, 0.25) is 0 Å². The number of esters is 1. The van der Waals surface area contributed by atoms with Crippen molar-refractivity contribution >= 4 is 11.7 Å². The highest BCUT2D eigenvalue weighted by Gasteiger charge is 2.13. The Bertz CT molecular complexity index is 338. The van der Waals surface area contributed by atoms with Gasteiger partial charge in [-0.25, -0.2) is 4.79 Å². The van der Waals surface area contributed by atoms with Crippen molar-refractivity contribution in [2.24, 2.45) is 0 Å². The summed E-state index contributed by atoms with van der Waals surface area (Å²) >= 11 is 0. The average Bonchev–Trinajstić information content (AvgIpc) is 2.18. The fourth-order valence-corrected chi connectivity index (χ4v) is 1.20. The first-order valence-electron chi connectivity index (χ1n) is 4.69. The van der Waals surface area contributed by atoms with E-state index in [-0.39, 0.29) is 6.10 Å². The molecular weight excluding hydrogens is 194 g/mol. The van der Waals surface area contributed by atoms with Gasteiger partial charge < -0.3 is 15.2 Å². The second-order valence-corrected chi connectivity index (χ2v) is 3.26. The van der Waals surface area contributed by atoms with Gasteiger partial charge in [-0.15, -0.1) is 0 Å². The van der Waals surface area contributed by atoms with E-state index in [1.807, 2.05) is 0 Å². The van der Waals surface area contributed by atoms with Crippen molar-refractivity contribution in [2.75, 3.05) is 19.5 Å². The Labute approximate surface area is 89.0 Å². The number of ether oxygens (including phenoxy) is 2. The largest absolute Gasteiger partial charge is 0.457 e. The maximum Gasteiger partial charge on any atom is 0.340 e. The van der Waals surface area contributed by atoms with Crippen LogP contribution in [0.1, 0.15) is 17.3 Å². The molecule has 4 nitrogen and oxygen atoms in total. The van der Waals surface area contributed by atoms with E-state index in [1.54, 1.807) is 38.3 Å². The number of hydrogen-bond donors (Lipinski definition) is 1. The lowest BCUT2D eigenvalue weighted by atomic mass is 10.2. The molecule has 0 spiro atoms. The molecule has 1 aromatic carbocycles. The second kappa shape index (κ2) is 5.36. The molecule has 0 saturated carbocycles. The van der Waals surface area contributed by atoms with Gasteiger partial charge in [-0.1, -0.05) is 12.1 Å². The lowest BCUT2D eigenvalue weighted by Crippen LogP contribution is -2.20. The molecule has 0 bridgehead atoms. The number of hydrogen-bond acceptors (Lipinski definition) is 4. The molecule has 1 aromatic rings. The summed E-state index contributed by atoms with van der Waals surface area (Å²) in [5, 5.41) is 0. The van der Waals surface area contributed by atoms with E-state index < -0.39 is 5.97 Å². The SMILES string of the molecule is COC[C@@H](C)OC(=O)c1ccccc1N. The van der Waals surface area contributed by atoms with Crippen molar-refractivity contribution in [1.29, 1.82) is 0 Å². The smallest absolute Gasteiger partial charge is 0.340 e. The molecule has 0 radical (unpaired) electrons. The van der Waals surface area contributed by atoms with Crippen molar-refractivity contribution in [3.63, 3.8) is 0 Å². The molecule has 15 heavy (non-hydrogen) atoms. The van der Waals surface area contributed by atoms with E-state index in [0.717, 1.165) is 0 Å². The van der Waals surface area contributed by atoms with E-state index >= 15 is 0 Å². The number of para-hydroxylation sites is 1. The number of rotatable bonds is 4. The predicted octanol–water partition coefficient (Wildman–Crippen LogP) is 1.46. The Hall–Kier alpha value is -1.55. The molecule has 82 valence electrons. The molecule has 1 rings (SSSR count). The first-order chi connectivity index (χ1) is 7.15. The number of nitrogens with two attached hydrogens (primary N) is 1. The number of carbonyl (C=O) groups is 1. The quantitative estimate of drug-likeness (QED) is 0.602. The van der Waals surface area contributed by atoms with E-state index in [2.05, 4.69) is 0 Å². The number of carbonyl (C=O) groups excluding carboxylic acids is 1. The molecule has 0 aliphatic rings. The standard InChI is InChI=1S/C11H15NO3/c1-8(7-14-2)15-11(13)9-5-3-4-6-10(9)12/h3-6,8H,7,12H2,1-2H3/t8-/m1/s1. The summed E-state index contributed by atoms with van der Waals surface area (Å²) < 4.78 is 9.98. The number of benzene rings is 1. The van der Waals surface area contributed by atoms with Crippen molar-refractivity contribution in [3.8, 4) is 0 Å². The van der Waals surface area contributed by atoms with Crippen LogP contribution in [0.4, 0.5) is 5.69 Å². The molecule has 0 fully saturated rings. The number of anilines is 1. The highest BCUT2D eigenvalue weighted by atomic mass is 16.6. The number of methoxy groups -OCH3 is 1. The third kappa shape index (κ3) is 3.25. The van der Waals surface area contributed by atoms with Gasteiger partial charge >= 0.3 is 5.97 Å². The Morgan fingerprint density at radius 3 is 2.73 bits per heavy atom. The van der Waals surface area contributed by atoms with Crippen LogP contribution in [0.3, 0.4) is 0 Å². The maximum atomic E-state index is 11.6. The maximum absolute atomic E-state index is 11.6. The summed E-state index contributed by atoms with van der Waals surface area (Å²) in [7, 11) is 1.56. The minimum absolute atomic E-state index is 0.276. The topological polar surface area (TPSA) is 61.5 Å². The Balaban J connectivity index is 2.65. The van der Waals surface area contributed by atoms with Crippen LogP contribution in [-0.4, -0.2) is 25.8 Å². The fourth-order valence-electron chi connectivity index (χ4n) is 1.20. The van der Waals surface area contributed by atoms with Crippen molar-refractivity contribution < 1.29 is 14.3 Å². The molecule has 4 heteroatoms. The van der Waals surface area contributed by atoms with E-state index in [9.17, 15) is 4.79 Å². The van der Waals surface area contributed by atoms with E-state index in [0.29, 0.717) is 17.9 Å². The zero-order chi connectivity index (χ0) is 11.3. The van der Waals surface area contributed by atoms with Crippen LogP contribution in [0.25, 0.3) is 0 Å². The molecule has 0 aromatic heterocycles. The van der Waals surface area contributed by atoms with Gasteiger partial charge in [0.05, 0.1) is 12.2 Å². The molecule has 0 saturated heterocycles. The third-order valence-electron chi connectivity index (χ3n) is 1.89. The first kappa shape index (κ1) is 11.5. The van der Waals surface area contributed by atoms with Gasteiger partial charge in [-0.2, -0.15) is 0 Å². The lowest BCUT2D eigenvalue weighted by molar-refractivity contribution is 0.0121. The molecule has 0 aliphatic carbocycles. The summed E-state index contributed by atoms with van der Waals surface area (Å²) in [6.45, 7) is 2.14. The van der Waals surface area contributed by atoms with Gasteiger partial charge in [-0.3, -0.25) is 0 Å².